The van der Waals surface area contributed by atoms with Gasteiger partial charge in [0.05, 0.1) is 13.2 Å². The van der Waals surface area contributed by atoms with E-state index in [0.29, 0.717) is 30.6 Å². The molecule has 3 rings (SSSR count). The van der Waals surface area contributed by atoms with Gasteiger partial charge in [-0.2, -0.15) is 0 Å². The molecular formula is C31H44O6. The smallest absolute Gasteiger partial charge is 0.434 e. The van der Waals surface area contributed by atoms with E-state index in [1.54, 1.807) is 0 Å². The molecule has 0 aliphatic heterocycles. The number of hydrogen-bond donors (Lipinski definition) is 0. The summed E-state index contributed by atoms with van der Waals surface area (Å²) in [6, 6.07) is 7.58. The number of carbonyl (C=O) groups excluding carboxylic acids is 2. The molecule has 1 aliphatic rings. The Morgan fingerprint density at radius 1 is 0.730 bits per heavy atom. The Morgan fingerprint density at radius 2 is 1.22 bits per heavy atom. The molecule has 37 heavy (non-hydrogen) atoms. The molecule has 0 fully saturated rings. The van der Waals surface area contributed by atoms with Gasteiger partial charge in [0.25, 0.3) is 0 Å². The second kappa shape index (κ2) is 15.5. The Bertz CT molecular complexity index is 1010. The molecule has 1 aliphatic carbocycles. The van der Waals surface area contributed by atoms with Crippen LogP contribution in [-0.2, 0) is 22.3 Å². The minimum Gasteiger partial charge on any atom is -0.434 e. The van der Waals surface area contributed by atoms with Gasteiger partial charge in [-0.25, -0.2) is 9.59 Å². The number of fused-ring (bicyclic) bond motifs is 2. The van der Waals surface area contributed by atoms with Crippen molar-refractivity contribution >= 4 is 23.1 Å². The van der Waals surface area contributed by atoms with Crippen molar-refractivity contribution in [3.05, 3.63) is 35.4 Å². The van der Waals surface area contributed by atoms with Crippen molar-refractivity contribution in [3.8, 4) is 11.5 Å². The molecule has 204 valence electrons. The van der Waals surface area contributed by atoms with Gasteiger partial charge in [0.15, 0.2) is 0 Å². The van der Waals surface area contributed by atoms with Crippen LogP contribution in [0.3, 0.4) is 0 Å². The molecule has 0 radical (unpaired) electrons. The molecule has 0 heterocycles. The number of benzene rings is 2. The maximum Gasteiger partial charge on any atom is 0.513 e. The predicted molar refractivity (Wildman–Crippen MR) is 147 cm³/mol. The Morgan fingerprint density at radius 3 is 1.73 bits per heavy atom. The van der Waals surface area contributed by atoms with Crippen LogP contribution in [0, 0.1) is 5.92 Å². The van der Waals surface area contributed by atoms with Crippen molar-refractivity contribution in [1.29, 1.82) is 0 Å². The highest BCUT2D eigenvalue weighted by Crippen LogP contribution is 2.45. The Labute approximate surface area is 222 Å². The highest BCUT2D eigenvalue weighted by molar-refractivity contribution is 5.98. The van der Waals surface area contributed by atoms with Crippen molar-refractivity contribution in [2.45, 2.75) is 104 Å². The minimum atomic E-state index is -0.683. The molecule has 0 spiro atoms. The first kappa shape index (κ1) is 28.8. The minimum absolute atomic E-state index is 0.352. The Hall–Kier alpha value is -2.76. The molecule has 0 aromatic heterocycles. The van der Waals surface area contributed by atoms with Crippen molar-refractivity contribution in [2.75, 3.05) is 13.2 Å². The summed E-state index contributed by atoms with van der Waals surface area (Å²) in [6.07, 6.45) is 11.9. The van der Waals surface area contributed by atoms with E-state index >= 15 is 0 Å². The third-order valence-electron chi connectivity index (χ3n) is 7.07. The van der Waals surface area contributed by atoms with Crippen LogP contribution in [0.15, 0.2) is 24.3 Å². The van der Waals surface area contributed by atoms with Crippen LogP contribution in [0.2, 0.25) is 0 Å². The van der Waals surface area contributed by atoms with E-state index in [9.17, 15) is 9.59 Å². The Kier molecular flexibility index (Phi) is 12.1. The third kappa shape index (κ3) is 8.65. The maximum absolute atomic E-state index is 12.6. The summed E-state index contributed by atoms with van der Waals surface area (Å²) in [7, 11) is 0. The van der Waals surface area contributed by atoms with Crippen molar-refractivity contribution in [1.82, 2.24) is 0 Å². The zero-order valence-corrected chi connectivity index (χ0v) is 22.9. The van der Waals surface area contributed by atoms with Crippen LogP contribution < -0.4 is 9.47 Å². The largest absolute Gasteiger partial charge is 0.513 e. The SMILES string of the molecule is CCCCCCCOC(=O)Oc1c2c(c(OC(=O)OCCCCCCC)c3ccccc13)CC(C)CC2. The summed E-state index contributed by atoms with van der Waals surface area (Å²) < 4.78 is 22.5. The standard InChI is InChI=1S/C31H44O6/c1-4-6-8-10-14-20-34-30(32)36-28-24-16-12-13-17-25(24)29(27-22-23(3)18-19-26(27)28)37-31(33)35-21-15-11-9-7-5-2/h12-13,16-17,23H,4-11,14-15,18-22H2,1-3H3. The van der Waals surface area contributed by atoms with E-state index in [1.165, 1.54) is 25.7 Å². The van der Waals surface area contributed by atoms with E-state index < -0.39 is 12.3 Å². The van der Waals surface area contributed by atoms with E-state index in [1.807, 2.05) is 24.3 Å². The first-order chi connectivity index (χ1) is 18.0. The van der Waals surface area contributed by atoms with E-state index in [0.717, 1.165) is 79.7 Å². The predicted octanol–water partition coefficient (Wildman–Crippen LogP) is 8.94. The van der Waals surface area contributed by atoms with E-state index in [-0.39, 0.29) is 0 Å². The highest BCUT2D eigenvalue weighted by Gasteiger charge is 2.29. The molecular weight excluding hydrogens is 468 g/mol. The molecule has 1 unspecified atom stereocenters. The number of ether oxygens (including phenoxy) is 4. The topological polar surface area (TPSA) is 71.1 Å². The molecule has 2 aromatic carbocycles. The average Bonchev–Trinajstić information content (AvgIpc) is 2.90. The summed E-state index contributed by atoms with van der Waals surface area (Å²) in [5, 5.41) is 1.47. The maximum atomic E-state index is 12.6. The van der Waals surface area contributed by atoms with E-state index in [4.69, 9.17) is 18.9 Å². The second-order valence-corrected chi connectivity index (χ2v) is 10.2. The molecule has 6 heteroatoms. The van der Waals surface area contributed by atoms with Crippen molar-refractivity contribution in [2.24, 2.45) is 5.92 Å². The molecule has 0 amide bonds. The quantitative estimate of drug-likeness (QED) is 0.143. The second-order valence-electron chi connectivity index (χ2n) is 10.2. The van der Waals surface area contributed by atoms with Crippen LogP contribution in [-0.4, -0.2) is 25.5 Å². The summed E-state index contributed by atoms with van der Waals surface area (Å²) in [6.45, 7) is 7.24. The zero-order chi connectivity index (χ0) is 26.5. The lowest BCUT2D eigenvalue weighted by Crippen LogP contribution is -2.20. The third-order valence-corrected chi connectivity index (χ3v) is 7.07. The van der Waals surface area contributed by atoms with Crippen molar-refractivity contribution in [3.63, 3.8) is 0 Å². The molecule has 1 atom stereocenters. The van der Waals surface area contributed by atoms with Gasteiger partial charge in [0.1, 0.15) is 11.5 Å². The summed E-state index contributed by atoms with van der Waals surface area (Å²) in [4.78, 5) is 25.3. The van der Waals surface area contributed by atoms with Crippen LogP contribution in [0.25, 0.3) is 10.8 Å². The fourth-order valence-electron chi connectivity index (χ4n) is 4.98. The zero-order valence-electron chi connectivity index (χ0n) is 22.9. The number of rotatable bonds is 14. The first-order valence-corrected chi connectivity index (χ1v) is 14.3. The molecule has 0 saturated heterocycles. The van der Waals surface area contributed by atoms with Gasteiger partial charge in [-0.05, 0) is 38.0 Å². The average molecular weight is 513 g/mol. The van der Waals surface area contributed by atoms with Crippen LogP contribution in [0.5, 0.6) is 11.5 Å². The fourth-order valence-corrected chi connectivity index (χ4v) is 4.98. The molecule has 0 N–H and O–H groups in total. The highest BCUT2D eigenvalue weighted by atomic mass is 16.7. The lowest BCUT2D eigenvalue weighted by molar-refractivity contribution is 0.0950. The summed E-state index contributed by atoms with van der Waals surface area (Å²) >= 11 is 0. The number of carbonyl (C=O) groups is 2. The molecule has 6 nitrogen and oxygen atoms in total. The normalized spacial score (nSPS) is 14.7. The lowest BCUT2D eigenvalue weighted by Gasteiger charge is -2.27. The van der Waals surface area contributed by atoms with Gasteiger partial charge >= 0.3 is 12.3 Å². The van der Waals surface area contributed by atoms with Gasteiger partial charge < -0.3 is 18.9 Å². The monoisotopic (exact) mass is 512 g/mol. The van der Waals surface area contributed by atoms with Gasteiger partial charge in [0.2, 0.25) is 0 Å². The molecule has 0 saturated carbocycles. The summed E-state index contributed by atoms with van der Waals surface area (Å²) in [5.41, 5.74) is 1.83. The van der Waals surface area contributed by atoms with Gasteiger partial charge in [-0.1, -0.05) is 96.4 Å². The van der Waals surface area contributed by atoms with Gasteiger partial charge in [-0.3, -0.25) is 0 Å². The lowest BCUT2D eigenvalue weighted by atomic mass is 9.82. The van der Waals surface area contributed by atoms with Gasteiger partial charge in [0, 0.05) is 21.9 Å². The van der Waals surface area contributed by atoms with Gasteiger partial charge in [-0.15, -0.1) is 0 Å². The number of unbranched alkanes of at least 4 members (excludes halogenated alkanes) is 8. The summed E-state index contributed by atoms with van der Waals surface area (Å²) in [5.74, 6) is 1.46. The molecule has 2 aromatic rings. The fraction of sp³-hybridized carbons (Fsp3) is 0.613. The van der Waals surface area contributed by atoms with Crippen LogP contribution in [0.4, 0.5) is 9.59 Å². The Balaban J connectivity index is 1.76. The van der Waals surface area contributed by atoms with E-state index in [2.05, 4.69) is 20.8 Å². The number of hydrogen-bond acceptors (Lipinski definition) is 6. The first-order valence-electron chi connectivity index (χ1n) is 14.3. The van der Waals surface area contributed by atoms with Crippen LogP contribution >= 0.6 is 0 Å². The molecule has 0 bridgehead atoms. The van der Waals surface area contributed by atoms with Crippen LogP contribution in [0.1, 0.15) is 103 Å². The van der Waals surface area contributed by atoms with Crippen molar-refractivity contribution < 1.29 is 28.5 Å².